The maximum Gasteiger partial charge on any atom is 0.161 e. The van der Waals surface area contributed by atoms with E-state index in [1.54, 1.807) is 0 Å². The second kappa shape index (κ2) is 4.97. The minimum absolute atomic E-state index is 0.0333. The SMILES string of the molecule is C[Si]1(C)CCC[Si](C)(C)N1N=C1CC(=O)CC(=O)C1. The van der Waals surface area contributed by atoms with Crippen LogP contribution in [-0.2, 0) is 9.59 Å². The summed E-state index contributed by atoms with van der Waals surface area (Å²) in [7, 11) is -3.00. The van der Waals surface area contributed by atoms with Gasteiger partial charge in [0.25, 0.3) is 0 Å². The highest BCUT2D eigenvalue weighted by atomic mass is 28.4. The van der Waals surface area contributed by atoms with E-state index in [0.29, 0.717) is 12.8 Å². The Balaban J connectivity index is 2.27. The molecule has 2 aliphatic rings. The van der Waals surface area contributed by atoms with Crippen LogP contribution in [0, 0.1) is 0 Å². The third-order valence-electron chi connectivity index (χ3n) is 4.16. The van der Waals surface area contributed by atoms with E-state index in [2.05, 4.69) is 30.5 Å². The molecule has 19 heavy (non-hydrogen) atoms. The highest BCUT2D eigenvalue weighted by molar-refractivity contribution is 6.91. The summed E-state index contributed by atoms with van der Waals surface area (Å²) in [5.41, 5.74) is 0.810. The molecule has 1 heterocycles. The fourth-order valence-electron chi connectivity index (χ4n) is 3.33. The van der Waals surface area contributed by atoms with Crippen molar-refractivity contribution >= 4 is 33.7 Å². The van der Waals surface area contributed by atoms with Gasteiger partial charge in [-0.3, -0.25) is 9.59 Å². The van der Waals surface area contributed by atoms with Gasteiger partial charge in [-0.25, -0.2) is 5.10 Å². The average molecular weight is 297 g/mol. The molecule has 2 rings (SSSR count). The second-order valence-electron chi connectivity index (χ2n) is 7.06. The van der Waals surface area contributed by atoms with Crippen molar-refractivity contribution in [2.45, 2.75) is 64.0 Å². The topological polar surface area (TPSA) is 49.7 Å². The Hall–Kier alpha value is -0.756. The summed E-state index contributed by atoms with van der Waals surface area (Å²) in [5.74, 6) is 0.0666. The highest BCUT2D eigenvalue weighted by Gasteiger charge is 2.44. The van der Waals surface area contributed by atoms with Gasteiger partial charge in [0.2, 0.25) is 0 Å². The minimum Gasteiger partial charge on any atom is -0.349 e. The number of rotatable bonds is 1. The number of carbonyl (C=O) groups excluding carboxylic acids is 2. The molecule has 6 heteroatoms. The maximum absolute atomic E-state index is 11.6. The Morgan fingerprint density at radius 3 is 1.84 bits per heavy atom. The van der Waals surface area contributed by atoms with Crippen LogP contribution in [-0.4, -0.2) is 38.1 Å². The molecule has 2 fully saturated rings. The molecule has 1 aliphatic heterocycles. The van der Waals surface area contributed by atoms with Gasteiger partial charge in [-0.15, -0.1) is 0 Å². The molecule has 4 nitrogen and oxygen atoms in total. The van der Waals surface area contributed by atoms with E-state index in [9.17, 15) is 9.59 Å². The van der Waals surface area contributed by atoms with Gasteiger partial charge in [-0.2, -0.15) is 0 Å². The molecular weight excluding hydrogens is 272 g/mol. The van der Waals surface area contributed by atoms with Gasteiger partial charge >= 0.3 is 0 Å². The average Bonchev–Trinajstić information content (AvgIpc) is 2.21. The predicted molar refractivity (Wildman–Crippen MR) is 82.3 cm³/mol. The van der Waals surface area contributed by atoms with Crippen molar-refractivity contribution in [3.8, 4) is 0 Å². The van der Waals surface area contributed by atoms with Gasteiger partial charge in [-0.05, 0) is 12.1 Å². The lowest BCUT2D eigenvalue weighted by atomic mass is 9.96. The van der Waals surface area contributed by atoms with E-state index >= 15 is 0 Å². The predicted octanol–water partition coefficient (Wildman–Crippen LogP) is 2.78. The number of hydrazone groups is 1. The molecule has 0 bridgehead atoms. The molecule has 0 N–H and O–H groups in total. The Bertz CT molecular complexity index is 410. The number of nitrogens with zero attached hydrogens (tertiary/aromatic N) is 2. The third kappa shape index (κ3) is 3.23. The summed E-state index contributed by atoms with van der Waals surface area (Å²) in [6, 6.07) is 2.53. The van der Waals surface area contributed by atoms with Crippen LogP contribution < -0.4 is 0 Å². The normalized spacial score (nSPS) is 26.5. The number of carbonyl (C=O) groups is 2. The van der Waals surface area contributed by atoms with Crippen LogP contribution in [0.5, 0.6) is 0 Å². The zero-order chi connectivity index (χ0) is 14.3. The lowest BCUT2D eigenvalue weighted by molar-refractivity contribution is -0.126. The molecule has 1 saturated carbocycles. The van der Waals surface area contributed by atoms with Crippen LogP contribution in [0.3, 0.4) is 0 Å². The Kier molecular flexibility index (Phi) is 3.84. The molecule has 0 amide bonds. The molecule has 0 aromatic heterocycles. The number of hydrogen-bond acceptors (Lipinski definition) is 4. The van der Waals surface area contributed by atoms with Crippen molar-refractivity contribution in [3.63, 3.8) is 0 Å². The molecule has 0 radical (unpaired) electrons. The fourth-order valence-corrected chi connectivity index (χ4v) is 14.2. The second-order valence-corrected chi connectivity index (χ2v) is 16.6. The maximum atomic E-state index is 11.6. The molecule has 0 aromatic rings. The van der Waals surface area contributed by atoms with Crippen molar-refractivity contribution in [2.75, 3.05) is 0 Å². The van der Waals surface area contributed by atoms with E-state index in [-0.39, 0.29) is 18.0 Å². The minimum atomic E-state index is -1.50. The molecule has 0 unspecified atom stereocenters. The van der Waals surface area contributed by atoms with Gasteiger partial charge in [0.15, 0.2) is 16.5 Å². The Labute approximate surface area is 117 Å². The van der Waals surface area contributed by atoms with E-state index in [4.69, 9.17) is 5.10 Å². The first-order valence-corrected chi connectivity index (χ1v) is 13.4. The third-order valence-corrected chi connectivity index (χ3v) is 13.4. The summed E-state index contributed by atoms with van der Waals surface area (Å²) in [6.45, 7) is 9.43. The Morgan fingerprint density at radius 2 is 1.37 bits per heavy atom. The summed E-state index contributed by atoms with van der Waals surface area (Å²) in [5, 5.41) is 4.83. The van der Waals surface area contributed by atoms with Gasteiger partial charge in [0.05, 0.1) is 12.1 Å². The molecule has 0 atom stereocenters. The monoisotopic (exact) mass is 296 g/mol. The molecule has 0 spiro atoms. The van der Waals surface area contributed by atoms with Crippen molar-refractivity contribution in [1.29, 1.82) is 0 Å². The largest absolute Gasteiger partial charge is 0.349 e. The summed E-state index contributed by atoms with van der Waals surface area (Å²) in [4.78, 5) is 23.1. The van der Waals surface area contributed by atoms with Crippen LogP contribution >= 0.6 is 0 Å². The first-order chi connectivity index (χ1) is 8.71. The van der Waals surface area contributed by atoms with Crippen LogP contribution in [0.15, 0.2) is 5.10 Å². The van der Waals surface area contributed by atoms with Crippen LogP contribution in [0.25, 0.3) is 0 Å². The van der Waals surface area contributed by atoms with E-state index < -0.39 is 16.5 Å². The van der Waals surface area contributed by atoms with Gasteiger partial charge in [-0.1, -0.05) is 32.6 Å². The van der Waals surface area contributed by atoms with Crippen molar-refractivity contribution in [1.82, 2.24) is 4.34 Å². The van der Waals surface area contributed by atoms with E-state index in [1.165, 1.54) is 18.5 Å². The molecular formula is C13H24N2O2Si2. The molecule has 1 aliphatic carbocycles. The van der Waals surface area contributed by atoms with Crippen molar-refractivity contribution in [3.05, 3.63) is 0 Å². The lowest BCUT2D eigenvalue weighted by Crippen LogP contribution is -2.62. The highest BCUT2D eigenvalue weighted by Crippen LogP contribution is 2.35. The van der Waals surface area contributed by atoms with Crippen molar-refractivity contribution < 1.29 is 9.59 Å². The molecule has 1 saturated heterocycles. The number of Topliss-reactive ketones (excluding diaryl/α,β-unsaturated/α-hetero) is 2. The van der Waals surface area contributed by atoms with Gasteiger partial charge in [0.1, 0.15) is 11.6 Å². The molecule has 0 aromatic carbocycles. The standard InChI is InChI=1S/C13H24N2O2Si2/c1-18(2)6-5-7-19(3,4)15(18)14-11-8-12(16)10-13(17)9-11/h5-10H2,1-4H3. The van der Waals surface area contributed by atoms with Gasteiger partial charge < -0.3 is 4.34 Å². The fraction of sp³-hybridized carbons (Fsp3) is 0.769. The lowest BCUT2D eigenvalue weighted by Gasteiger charge is -2.49. The van der Waals surface area contributed by atoms with E-state index in [0.717, 1.165) is 5.71 Å². The van der Waals surface area contributed by atoms with Crippen LogP contribution in [0.4, 0.5) is 0 Å². The summed E-state index contributed by atoms with van der Waals surface area (Å²) < 4.78 is 2.41. The number of ketones is 2. The number of hydrogen-bond donors (Lipinski definition) is 0. The zero-order valence-corrected chi connectivity index (χ0v) is 14.5. The first kappa shape index (κ1) is 14.6. The van der Waals surface area contributed by atoms with Crippen LogP contribution in [0.1, 0.15) is 25.7 Å². The zero-order valence-electron chi connectivity index (χ0n) is 12.5. The van der Waals surface area contributed by atoms with Crippen molar-refractivity contribution in [2.24, 2.45) is 5.10 Å². The molecule has 106 valence electrons. The summed E-state index contributed by atoms with van der Waals surface area (Å²) in [6.07, 6.45) is 2.20. The van der Waals surface area contributed by atoms with E-state index in [1.807, 2.05) is 0 Å². The quantitative estimate of drug-likeness (QED) is 0.552. The smallest absolute Gasteiger partial charge is 0.161 e. The first-order valence-electron chi connectivity index (χ1n) is 7.11. The van der Waals surface area contributed by atoms with Crippen LogP contribution in [0.2, 0.25) is 38.3 Å². The van der Waals surface area contributed by atoms with Gasteiger partial charge in [0, 0.05) is 12.8 Å². The summed E-state index contributed by atoms with van der Waals surface area (Å²) >= 11 is 0. The Morgan fingerprint density at radius 1 is 0.895 bits per heavy atom.